The lowest BCUT2D eigenvalue weighted by molar-refractivity contribution is 0.451. The Bertz CT molecular complexity index is 722. The van der Waals surface area contributed by atoms with Gasteiger partial charge in [-0.2, -0.15) is 5.10 Å². The summed E-state index contributed by atoms with van der Waals surface area (Å²) in [6, 6.07) is 13.9. The molecule has 0 aliphatic heterocycles. The van der Waals surface area contributed by atoms with Crippen LogP contribution in [-0.4, -0.2) is 21.4 Å². The third-order valence-electron chi connectivity index (χ3n) is 3.75. The zero-order valence-electron chi connectivity index (χ0n) is 12.0. The van der Waals surface area contributed by atoms with Crippen LogP contribution in [0.2, 0.25) is 0 Å². The summed E-state index contributed by atoms with van der Waals surface area (Å²) in [6.07, 6.45) is 3.72. The molecular formula is C17H19N3O. The van der Waals surface area contributed by atoms with Gasteiger partial charge in [0.15, 0.2) is 0 Å². The highest BCUT2D eigenvalue weighted by Gasteiger charge is 2.12. The number of aromatic hydroxyl groups is 1. The topological polar surface area (TPSA) is 50.1 Å². The van der Waals surface area contributed by atoms with Gasteiger partial charge in [0.2, 0.25) is 0 Å². The number of phenols is 1. The highest BCUT2D eigenvalue weighted by molar-refractivity contribution is 5.89. The van der Waals surface area contributed by atoms with Crippen molar-refractivity contribution in [2.24, 2.45) is 0 Å². The summed E-state index contributed by atoms with van der Waals surface area (Å²) < 4.78 is 1.89. The monoisotopic (exact) mass is 281 g/mol. The smallest absolute Gasteiger partial charge is 0.128 e. The van der Waals surface area contributed by atoms with Crippen molar-refractivity contribution in [3.8, 4) is 5.75 Å². The van der Waals surface area contributed by atoms with Crippen LogP contribution in [0.5, 0.6) is 5.75 Å². The van der Waals surface area contributed by atoms with E-state index >= 15 is 0 Å². The SMILES string of the molecule is CC(NCCn1cccn1)c1ccc2ccccc2c1O. The largest absolute Gasteiger partial charge is 0.507 e. The van der Waals surface area contributed by atoms with Gasteiger partial charge in [-0.1, -0.05) is 36.4 Å². The molecule has 1 atom stereocenters. The average molecular weight is 281 g/mol. The molecule has 1 aromatic heterocycles. The van der Waals surface area contributed by atoms with Gasteiger partial charge in [0.05, 0.1) is 6.54 Å². The molecule has 1 unspecified atom stereocenters. The minimum atomic E-state index is 0.0881. The van der Waals surface area contributed by atoms with Crippen molar-refractivity contribution in [1.82, 2.24) is 15.1 Å². The summed E-state index contributed by atoms with van der Waals surface area (Å²) in [5, 5.41) is 20.0. The van der Waals surface area contributed by atoms with Crippen LogP contribution in [0.25, 0.3) is 10.8 Å². The Morgan fingerprint density at radius 2 is 2.05 bits per heavy atom. The highest BCUT2D eigenvalue weighted by atomic mass is 16.3. The van der Waals surface area contributed by atoms with Gasteiger partial charge >= 0.3 is 0 Å². The molecule has 4 heteroatoms. The van der Waals surface area contributed by atoms with Crippen molar-refractivity contribution in [2.45, 2.75) is 19.5 Å². The molecule has 0 fully saturated rings. The first kappa shape index (κ1) is 13.6. The number of rotatable bonds is 5. The van der Waals surface area contributed by atoms with Crippen LogP contribution in [0.15, 0.2) is 54.9 Å². The fourth-order valence-electron chi connectivity index (χ4n) is 2.56. The van der Waals surface area contributed by atoms with Crippen molar-refractivity contribution in [3.05, 3.63) is 60.4 Å². The molecule has 0 aliphatic carbocycles. The third kappa shape index (κ3) is 2.90. The summed E-state index contributed by atoms with van der Waals surface area (Å²) in [5.74, 6) is 0.368. The average Bonchev–Trinajstić information content (AvgIpc) is 3.01. The molecule has 2 N–H and O–H groups in total. The minimum Gasteiger partial charge on any atom is -0.507 e. The standard InChI is InChI=1S/C17H19N3O/c1-13(18-10-12-20-11-4-9-19-20)15-8-7-14-5-2-3-6-16(14)17(15)21/h2-9,11,13,18,21H,10,12H2,1H3. The van der Waals surface area contributed by atoms with Gasteiger partial charge in [-0.15, -0.1) is 0 Å². The van der Waals surface area contributed by atoms with Crippen LogP contribution < -0.4 is 5.32 Å². The maximum absolute atomic E-state index is 10.4. The number of hydrogen-bond donors (Lipinski definition) is 2. The molecule has 4 nitrogen and oxygen atoms in total. The van der Waals surface area contributed by atoms with Gasteiger partial charge in [0.25, 0.3) is 0 Å². The van der Waals surface area contributed by atoms with Crippen LogP contribution in [-0.2, 0) is 6.54 Å². The van der Waals surface area contributed by atoms with Gasteiger partial charge in [-0.25, -0.2) is 0 Å². The van der Waals surface area contributed by atoms with Crippen LogP contribution in [0.3, 0.4) is 0 Å². The molecule has 0 bridgehead atoms. The van der Waals surface area contributed by atoms with E-state index < -0.39 is 0 Å². The molecule has 0 radical (unpaired) electrons. The molecule has 0 amide bonds. The first-order valence-corrected chi connectivity index (χ1v) is 7.17. The Labute approximate surface area is 124 Å². The van der Waals surface area contributed by atoms with Crippen molar-refractivity contribution in [1.29, 1.82) is 0 Å². The Kier molecular flexibility index (Phi) is 3.88. The molecule has 2 aromatic carbocycles. The fraction of sp³-hybridized carbons (Fsp3) is 0.235. The molecular weight excluding hydrogens is 262 g/mol. The van der Waals surface area contributed by atoms with Gasteiger partial charge in [0.1, 0.15) is 5.75 Å². The fourth-order valence-corrected chi connectivity index (χ4v) is 2.56. The van der Waals surface area contributed by atoms with E-state index in [1.54, 1.807) is 6.20 Å². The zero-order valence-corrected chi connectivity index (χ0v) is 12.0. The van der Waals surface area contributed by atoms with Gasteiger partial charge in [0, 0.05) is 35.9 Å². The number of nitrogens with one attached hydrogen (secondary N) is 1. The van der Waals surface area contributed by atoms with Crippen molar-refractivity contribution >= 4 is 10.8 Å². The first-order valence-electron chi connectivity index (χ1n) is 7.17. The van der Waals surface area contributed by atoms with Crippen LogP contribution in [0, 0.1) is 0 Å². The Hall–Kier alpha value is -2.33. The minimum absolute atomic E-state index is 0.0881. The number of nitrogens with zero attached hydrogens (tertiary/aromatic N) is 2. The molecule has 0 saturated heterocycles. The predicted octanol–water partition coefficient (Wildman–Crippen LogP) is 3.09. The molecule has 3 rings (SSSR count). The maximum Gasteiger partial charge on any atom is 0.128 e. The lowest BCUT2D eigenvalue weighted by atomic mass is 10.0. The number of hydrogen-bond acceptors (Lipinski definition) is 3. The van der Waals surface area contributed by atoms with Crippen molar-refractivity contribution in [2.75, 3.05) is 6.54 Å². The van der Waals surface area contributed by atoms with Gasteiger partial charge in [-0.05, 0) is 18.4 Å². The molecule has 3 aromatic rings. The second-order valence-electron chi connectivity index (χ2n) is 5.17. The number of phenolic OH excluding ortho intramolecular Hbond substituents is 1. The summed E-state index contributed by atoms with van der Waals surface area (Å²) in [5.41, 5.74) is 0.925. The predicted molar refractivity (Wildman–Crippen MR) is 84.3 cm³/mol. The molecule has 108 valence electrons. The summed E-state index contributed by atoms with van der Waals surface area (Å²) >= 11 is 0. The van der Waals surface area contributed by atoms with E-state index in [1.807, 2.05) is 47.3 Å². The highest BCUT2D eigenvalue weighted by Crippen LogP contribution is 2.32. The van der Waals surface area contributed by atoms with Crippen molar-refractivity contribution in [3.63, 3.8) is 0 Å². The third-order valence-corrected chi connectivity index (χ3v) is 3.75. The van der Waals surface area contributed by atoms with E-state index in [2.05, 4.69) is 23.4 Å². The van der Waals surface area contributed by atoms with E-state index in [-0.39, 0.29) is 6.04 Å². The Morgan fingerprint density at radius 3 is 2.86 bits per heavy atom. The lowest BCUT2D eigenvalue weighted by Gasteiger charge is -2.17. The van der Waals surface area contributed by atoms with Crippen molar-refractivity contribution < 1.29 is 5.11 Å². The molecule has 0 spiro atoms. The van der Waals surface area contributed by atoms with Crippen LogP contribution >= 0.6 is 0 Å². The molecule has 21 heavy (non-hydrogen) atoms. The first-order chi connectivity index (χ1) is 10.3. The van der Waals surface area contributed by atoms with E-state index in [1.165, 1.54) is 0 Å². The van der Waals surface area contributed by atoms with Crippen LogP contribution in [0.4, 0.5) is 0 Å². The number of aromatic nitrogens is 2. The molecule has 0 saturated carbocycles. The quantitative estimate of drug-likeness (QED) is 0.755. The van der Waals surface area contributed by atoms with E-state index in [0.29, 0.717) is 5.75 Å². The molecule has 1 heterocycles. The second kappa shape index (κ2) is 5.97. The van der Waals surface area contributed by atoms with Gasteiger partial charge in [-0.3, -0.25) is 4.68 Å². The van der Waals surface area contributed by atoms with Gasteiger partial charge < -0.3 is 10.4 Å². The normalized spacial score (nSPS) is 12.6. The molecule has 0 aliphatic rings. The van der Waals surface area contributed by atoms with E-state index in [9.17, 15) is 5.11 Å². The van der Waals surface area contributed by atoms with Crippen LogP contribution in [0.1, 0.15) is 18.5 Å². The van der Waals surface area contributed by atoms with E-state index in [4.69, 9.17) is 0 Å². The van der Waals surface area contributed by atoms with E-state index in [0.717, 1.165) is 29.4 Å². The summed E-state index contributed by atoms with van der Waals surface area (Å²) in [6.45, 7) is 3.67. The number of benzene rings is 2. The number of fused-ring (bicyclic) bond motifs is 1. The lowest BCUT2D eigenvalue weighted by Crippen LogP contribution is -2.23. The summed E-state index contributed by atoms with van der Waals surface area (Å²) in [7, 11) is 0. The maximum atomic E-state index is 10.4. The Balaban J connectivity index is 1.72. The zero-order chi connectivity index (χ0) is 14.7. The summed E-state index contributed by atoms with van der Waals surface area (Å²) in [4.78, 5) is 0. The Morgan fingerprint density at radius 1 is 1.19 bits per heavy atom. The second-order valence-corrected chi connectivity index (χ2v) is 5.17.